The van der Waals surface area contributed by atoms with Crippen LogP contribution < -0.4 is 0 Å². The van der Waals surface area contributed by atoms with E-state index in [0.717, 1.165) is 0 Å². The molecule has 10 heavy (non-hydrogen) atoms. The lowest BCUT2D eigenvalue weighted by Gasteiger charge is -2.12. The Morgan fingerprint density at radius 3 is 2.80 bits per heavy atom. The molecule has 60 valence electrons. The fourth-order valence-electron chi connectivity index (χ4n) is 1.10. The molecular weight excluding hydrogens is 136 g/mol. The molecule has 1 heterocycles. The summed E-state index contributed by atoms with van der Waals surface area (Å²) in [6.45, 7) is -0.102. The van der Waals surface area contributed by atoms with Gasteiger partial charge in [-0.15, -0.1) is 0 Å². The summed E-state index contributed by atoms with van der Waals surface area (Å²) in [6.07, 6.45) is -0.857. The van der Waals surface area contributed by atoms with E-state index in [9.17, 15) is 0 Å². The number of methoxy groups -OCH3 is 1. The molecule has 0 aromatic carbocycles. The molecule has 1 aliphatic heterocycles. The number of aliphatic hydroxyl groups excluding tert-OH is 2. The number of aliphatic hydroxyl groups is 2. The molecule has 0 amide bonds. The van der Waals surface area contributed by atoms with Crippen molar-refractivity contribution >= 4 is 0 Å². The maximum atomic E-state index is 8.92. The summed E-state index contributed by atoms with van der Waals surface area (Å²) in [4.78, 5) is 0. The minimum Gasteiger partial charge on any atom is -0.394 e. The van der Waals surface area contributed by atoms with Gasteiger partial charge in [-0.2, -0.15) is 0 Å². The smallest absolute Gasteiger partial charge is 0.157 e. The van der Waals surface area contributed by atoms with Gasteiger partial charge < -0.3 is 19.7 Å². The minimum absolute atomic E-state index is 0.102. The maximum Gasteiger partial charge on any atom is 0.157 e. The van der Waals surface area contributed by atoms with Crippen molar-refractivity contribution in [1.82, 2.24) is 0 Å². The van der Waals surface area contributed by atoms with E-state index in [0.29, 0.717) is 6.42 Å². The number of ether oxygens (including phenoxy) is 2. The molecule has 0 radical (unpaired) electrons. The zero-order valence-electron chi connectivity index (χ0n) is 5.86. The van der Waals surface area contributed by atoms with Crippen molar-refractivity contribution in [1.29, 1.82) is 0 Å². The topological polar surface area (TPSA) is 58.9 Å². The summed E-state index contributed by atoms with van der Waals surface area (Å²) in [5.41, 5.74) is 0. The van der Waals surface area contributed by atoms with Crippen LogP contribution >= 0.6 is 0 Å². The average molecular weight is 148 g/mol. The van der Waals surface area contributed by atoms with Crippen LogP contribution in [-0.4, -0.2) is 42.4 Å². The van der Waals surface area contributed by atoms with Gasteiger partial charge in [-0.1, -0.05) is 0 Å². The van der Waals surface area contributed by atoms with Crippen LogP contribution in [0.25, 0.3) is 0 Å². The van der Waals surface area contributed by atoms with E-state index in [-0.39, 0.29) is 18.8 Å². The quantitative estimate of drug-likeness (QED) is 0.533. The average Bonchev–Trinajstić information content (AvgIpc) is 2.30. The highest BCUT2D eigenvalue weighted by molar-refractivity contribution is 4.77. The van der Waals surface area contributed by atoms with Gasteiger partial charge in [0.25, 0.3) is 0 Å². The van der Waals surface area contributed by atoms with E-state index in [1.54, 1.807) is 0 Å². The standard InChI is InChI=1S/C6H12O4/c1-9-4-2-6(8)10-5(4)3-7/h4-8H,2-3H2,1H3/t4-,5+,6?/m1/s1. The van der Waals surface area contributed by atoms with E-state index in [4.69, 9.17) is 19.7 Å². The summed E-state index contributed by atoms with van der Waals surface area (Å²) < 4.78 is 9.83. The number of rotatable bonds is 2. The lowest BCUT2D eigenvalue weighted by molar-refractivity contribution is -0.109. The van der Waals surface area contributed by atoms with Crippen LogP contribution in [-0.2, 0) is 9.47 Å². The molecule has 4 heteroatoms. The van der Waals surface area contributed by atoms with Gasteiger partial charge in [-0.3, -0.25) is 0 Å². The Labute approximate surface area is 59.4 Å². The first kappa shape index (κ1) is 7.94. The Bertz CT molecular complexity index is 93.9. The van der Waals surface area contributed by atoms with Crippen molar-refractivity contribution in [3.8, 4) is 0 Å². The maximum absolute atomic E-state index is 8.92. The molecule has 0 bridgehead atoms. The molecule has 0 aromatic rings. The van der Waals surface area contributed by atoms with Crippen LogP contribution in [0, 0.1) is 0 Å². The summed E-state index contributed by atoms with van der Waals surface area (Å²) in [5.74, 6) is 0. The van der Waals surface area contributed by atoms with E-state index >= 15 is 0 Å². The highest BCUT2D eigenvalue weighted by Gasteiger charge is 2.33. The normalized spacial score (nSPS) is 40.5. The molecule has 1 unspecified atom stereocenters. The predicted octanol–water partition coefficient (Wildman–Crippen LogP) is -0.899. The van der Waals surface area contributed by atoms with E-state index in [1.165, 1.54) is 7.11 Å². The first-order valence-corrected chi connectivity index (χ1v) is 3.25. The number of hydrogen-bond donors (Lipinski definition) is 2. The van der Waals surface area contributed by atoms with Gasteiger partial charge >= 0.3 is 0 Å². The molecule has 2 N–H and O–H groups in total. The Kier molecular flexibility index (Phi) is 2.62. The Morgan fingerprint density at radius 1 is 1.70 bits per heavy atom. The van der Waals surface area contributed by atoms with Crippen LogP contribution in [0.5, 0.6) is 0 Å². The van der Waals surface area contributed by atoms with Crippen molar-refractivity contribution in [2.75, 3.05) is 13.7 Å². The molecule has 1 saturated heterocycles. The molecular formula is C6H12O4. The molecule has 0 aromatic heterocycles. The third-order valence-electron chi connectivity index (χ3n) is 1.66. The second-order valence-corrected chi connectivity index (χ2v) is 2.32. The van der Waals surface area contributed by atoms with Gasteiger partial charge in [-0.25, -0.2) is 0 Å². The summed E-state index contributed by atoms with van der Waals surface area (Å²) >= 11 is 0. The summed E-state index contributed by atoms with van der Waals surface area (Å²) in [6, 6.07) is 0. The molecule has 0 saturated carbocycles. The van der Waals surface area contributed by atoms with Gasteiger partial charge in [0.2, 0.25) is 0 Å². The van der Waals surface area contributed by atoms with Crippen molar-refractivity contribution in [2.45, 2.75) is 24.9 Å². The largest absolute Gasteiger partial charge is 0.394 e. The zero-order valence-corrected chi connectivity index (χ0v) is 5.86. The first-order valence-electron chi connectivity index (χ1n) is 3.25. The van der Waals surface area contributed by atoms with Crippen LogP contribution in [0.1, 0.15) is 6.42 Å². The molecule has 3 atom stereocenters. The lowest BCUT2D eigenvalue weighted by Crippen LogP contribution is -2.26. The molecule has 1 rings (SSSR count). The van der Waals surface area contributed by atoms with E-state index < -0.39 is 6.29 Å². The van der Waals surface area contributed by atoms with Gasteiger partial charge in [0.1, 0.15) is 6.10 Å². The molecule has 0 aliphatic carbocycles. The summed E-state index contributed by atoms with van der Waals surface area (Å²) in [7, 11) is 1.54. The molecule has 1 fully saturated rings. The van der Waals surface area contributed by atoms with Gasteiger partial charge in [0.15, 0.2) is 6.29 Å². The van der Waals surface area contributed by atoms with Crippen LogP contribution in [0.4, 0.5) is 0 Å². The minimum atomic E-state index is -0.776. The van der Waals surface area contributed by atoms with Crippen LogP contribution in [0.2, 0.25) is 0 Å². The monoisotopic (exact) mass is 148 g/mol. The van der Waals surface area contributed by atoms with Crippen LogP contribution in [0.3, 0.4) is 0 Å². The fourth-order valence-corrected chi connectivity index (χ4v) is 1.10. The predicted molar refractivity (Wildman–Crippen MR) is 33.4 cm³/mol. The second-order valence-electron chi connectivity index (χ2n) is 2.32. The van der Waals surface area contributed by atoms with Crippen molar-refractivity contribution in [3.63, 3.8) is 0 Å². The third-order valence-corrected chi connectivity index (χ3v) is 1.66. The SMILES string of the molecule is CO[C@@H]1CC(O)O[C@H]1CO. The van der Waals surface area contributed by atoms with Gasteiger partial charge in [0.05, 0.1) is 12.7 Å². The molecule has 4 nitrogen and oxygen atoms in total. The first-order chi connectivity index (χ1) is 4.77. The number of hydrogen-bond acceptors (Lipinski definition) is 4. The highest BCUT2D eigenvalue weighted by Crippen LogP contribution is 2.20. The van der Waals surface area contributed by atoms with Crippen LogP contribution in [0.15, 0.2) is 0 Å². The zero-order chi connectivity index (χ0) is 7.56. The summed E-state index contributed by atoms with van der Waals surface area (Å²) in [5, 5.41) is 17.6. The van der Waals surface area contributed by atoms with Gasteiger partial charge in [0, 0.05) is 13.5 Å². The van der Waals surface area contributed by atoms with E-state index in [1.807, 2.05) is 0 Å². The Hall–Kier alpha value is -0.160. The second kappa shape index (κ2) is 3.30. The Balaban J connectivity index is 2.41. The van der Waals surface area contributed by atoms with E-state index in [2.05, 4.69) is 0 Å². The Morgan fingerprint density at radius 2 is 2.40 bits per heavy atom. The van der Waals surface area contributed by atoms with Gasteiger partial charge in [-0.05, 0) is 0 Å². The third kappa shape index (κ3) is 1.46. The van der Waals surface area contributed by atoms with Crippen molar-refractivity contribution < 1.29 is 19.7 Å². The lowest BCUT2D eigenvalue weighted by atomic mass is 10.2. The van der Waals surface area contributed by atoms with Crippen molar-refractivity contribution in [3.05, 3.63) is 0 Å². The molecule has 0 spiro atoms. The highest BCUT2D eigenvalue weighted by atomic mass is 16.6. The molecule has 1 aliphatic rings. The van der Waals surface area contributed by atoms with Crippen molar-refractivity contribution in [2.24, 2.45) is 0 Å². The fraction of sp³-hybridized carbons (Fsp3) is 1.00.